The standard InChI is InChI=1S/C15H16ClN3O4S2/c1-3-23-14(20)6-11-9-24-15(18-11)19-17-8-10-4-5-12(7-13(10)16)25(2,21)22/h4-5,7-9H,3,6H2,1-2H3,(H,18,19). The fraction of sp³-hybridized carbons (Fsp3) is 0.267. The molecule has 0 amide bonds. The van der Waals surface area contributed by atoms with Crippen LogP contribution in [0.4, 0.5) is 5.13 Å². The van der Waals surface area contributed by atoms with E-state index in [0.29, 0.717) is 23.0 Å². The van der Waals surface area contributed by atoms with Gasteiger partial charge >= 0.3 is 5.97 Å². The van der Waals surface area contributed by atoms with Gasteiger partial charge in [0, 0.05) is 17.2 Å². The van der Waals surface area contributed by atoms with Crippen LogP contribution < -0.4 is 5.43 Å². The second-order valence-electron chi connectivity index (χ2n) is 4.95. The summed E-state index contributed by atoms with van der Waals surface area (Å²) < 4.78 is 27.8. The van der Waals surface area contributed by atoms with Gasteiger partial charge < -0.3 is 4.74 Å². The number of benzene rings is 1. The van der Waals surface area contributed by atoms with Gasteiger partial charge in [0.1, 0.15) is 0 Å². The predicted octanol–water partition coefficient (Wildman–Crippen LogP) is 2.75. The van der Waals surface area contributed by atoms with Crippen molar-refractivity contribution >= 4 is 50.1 Å². The van der Waals surface area contributed by atoms with Crippen molar-refractivity contribution < 1.29 is 17.9 Å². The lowest BCUT2D eigenvalue weighted by Gasteiger charge is -2.02. The molecule has 1 aromatic carbocycles. The van der Waals surface area contributed by atoms with Gasteiger partial charge in [-0.25, -0.2) is 13.4 Å². The van der Waals surface area contributed by atoms with E-state index in [4.69, 9.17) is 16.3 Å². The van der Waals surface area contributed by atoms with E-state index >= 15 is 0 Å². The maximum atomic E-state index is 11.5. The van der Waals surface area contributed by atoms with Crippen LogP contribution in [0.1, 0.15) is 18.2 Å². The summed E-state index contributed by atoms with van der Waals surface area (Å²) in [6.45, 7) is 2.07. The third kappa shape index (κ3) is 5.80. The highest BCUT2D eigenvalue weighted by atomic mass is 35.5. The average Bonchev–Trinajstić information content (AvgIpc) is 2.95. The summed E-state index contributed by atoms with van der Waals surface area (Å²) in [7, 11) is -3.31. The SMILES string of the molecule is CCOC(=O)Cc1csc(NN=Cc2ccc(S(C)(=O)=O)cc2Cl)n1. The zero-order chi connectivity index (χ0) is 18.4. The van der Waals surface area contributed by atoms with Crippen LogP contribution in [0.5, 0.6) is 0 Å². The molecule has 0 bridgehead atoms. The number of esters is 1. The zero-order valence-electron chi connectivity index (χ0n) is 13.5. The first-order valence-corrected chi connectivity index (χ1v) is 10.3. The van der Waals surface area contributed by atoms with Crippen molar-refractivity contribution in [3.05, 3.63) is 39.9 Å². The number of hydrogen-bond acceptors (Lipinski definition) is 8. The predicted molar refractivity (Wildman–Crippen MR) is 98.2 cm³/mol. The number of thiazole rings is 1. The Labute approximate surface area is 154 Å². The first kappa shape index (κ1) is 19.4. The molecule has 1 heterocycles. The molecule has 0 aliphatic rings. The third-order valence-electron chi connectivity index (χ3n) is 2.95. The van der Waals surface area contributed by atoms with Gasteiger partial charge in [-0.05, 0) is 19.1 Å². The van der Waals surface area contributed by atoms with E-state index in [1.807, 2.05) is 0 Å². The highest BCUT2D eigenvalue weighted by Crippen LogP contribution is 2.20. The topological polar surface area (TPSA) is 97.7 Å². The summed E-state index contributed by atoms with van der Waals surface area (Å²) in [5.41, 5.74) is 3.89. The van der Waals surface area contributed by atoms with Crippen LogP contribution in [0.15, 0.2) is 33.6 Å². The van der Waals surface area contributed by atoms with Gasteiger partial charge in [0.25, 0.3) is 0 Å². The number of aromatic nitrogens is 1. The third-order valence-corrected chi connectivity index (χ3v) is 5.18. The lowest BCUT2D eigenvalue weighted by Crippen LogP contribution is -2.07. The molecule has 0 radical (unpaired) electrons. The Morgan fingerprint density at radius 3 is 2.88 bits per heavy atom. The summed E-state index contributed by atoms with van der Waals surface area (Å²) in [4.78, 5) is 15.7. The van der Waals surface area contributed by atoms with E-state index < -0.39 is 9.84 Å². The molecular weight excluding hydrogens is 386 g/mol. The van der Waals surface area contributed by atoms with Crippen molar-refractivity contribution in [2.45, 2.75) is 18.2 Å². The molecule has 7 nitrogen and oxygen atoms in total. The maximum absolute atomic E-state index is 11.5. The maximum Gasteiger partial charge on any atom is 0.311 e. The largest absolute Gasteiger partial charge is 0.466 e. The minimum Gasteiger partial charge on any atom is -0.466 e. The minimum absolute atomic E-state index is 0.106. The molecule has 0 atom stereocenters. The van der Waals surface area contributed by atoms with Crippen LogP contribution in [0, 0.1) is 0 Å². The molecule has 0 spiro atoms. The second-order valence-corrected chi connectivity index (χ2v) is 8.23. The number of carbonyl (C=O) groups is 1. The van der Waals surface area contributed by atoms with E-state index in [-0.39, 0.29) is 22.3 Å². The van der Waals surface area contributed by atoms with E-state index in [2.05, 4.69) is 15.5 Å². The Morgan fingerprint density at radius 1 is 1.48 bits per heavy atom. The van der Waals surface area contributed by atoms with Crippen LogP contribution in [-0.4, -0.2) is 38.4 Å². The number of sulfone groups is 1. The Hall–Kier alpha value is -1.97. The van der Waals surface area contributed by atoms with Gasteiger partial charge in [-0.1, -0.05) is 17.7 Å². The fourth-order valence-corrected chi connectivity index (χ4v) is 3.40. The van der Waals surface area contributed by atoms with Crippen molar-refractivity contribution in [3.63, 3.8) is 0 Å². The van der Waals surface area contributed by atoms with Crippen molar-refractivity contribution in [2.75, 3.05) is 18.3 Å². The number of ether oxygens (including phenoxy) is 1. The fourth-order valence-electron chi connectivity index (χ4n) is 1.80. The molecule has 0 saturated carbocycles. The molecule has 1 aromatic heterocycles. The minimum atomic E-state index is -3.31. The molecule has 2 aromatic rings. The first-order chi connectivity index (χ1) is 11.8. The molecule has 0 unspecified atom stereocenters. The van der Waals surface area contributed by atoms with Crippen molar-refractivity contribution in [1.82, 2.24) is 4.98 Å². The lowest BCUT2D eigenvalue weighted by atomic mass is 10.2. The quantitative estimate of drug-likeness (QED) is 0.435. The Bertz CT molecular complexity index is 894. The Morgan fingerprint density at radius 2 is 2.24 bits per heavy atom. The number of nitrogens with one attached hydrogen (secondary N) is 1. The number of hydrazone groups is 1. The molecule has 2 rings (SSSR count). The number of anilines is 1. The smallest absolute Gasteiger partial charge is 0.311 e. The van der Waals surface area contributed by atoms with Gasteiger partial charge in [-0.3, -0.25) is 10.2 Å². The summed E-state index contributed by atoms with van der Waals surface area (Å²) >= 11 is 7.36. The van der Waals surface area contributed by atoms with Gasteiger partial charge in [0.15, 0.2) is 9.84 Å². The molecule has 134 valence electrons. The van der Waals surface area contributed by atoms with Gasteiger partial charge in [0.2, 0.25) is 5.13 Å². The van der Waals surface area contributed by atoms with E-state index in [9.17, 15) is 13.2 Å². The molecule has 0 saturated heterocycles. The van der Waals surface area contributed by atoms with E-state index in [1.54, 1.807) is 18.4 Å². The zero-order valence-corrected chi connectivity index (χ0v) is 15.9. The highest BCUT2D eigenvalue weighted by molar-refractivity contribution is 7.90. The number of halogens is 1. The molecule has 10 heteroatoms. The molecular formula is C15H16ClN3O4S2. The Kier molecular flexibility index (Phi) is 6.51. The van der Waals surface area contributed by atoms with Crippen LogP contribution >= 0.6 is 22.9 Å². The summed E-state index contributed by atoms with van der Waals surface area (Å²) in [5.74, 6) is -0.333. The average molecular weight is 402 g/mol. The normalized spacial score (nSPS) is 11.6. The number of nitrogens with zero attached hydrogens (tertiary/aromatic N) is 2. The summed E-state index contributed by atoms with van der Waals surface area (Å²) in [6, 6.07) is 4.40. The van der Waals surface area contributed by atoms with Crippen LogP contribution in [0.3, 0.4) is 0 Å². The molecule has 1 N–H and O–H groups in total. The van der Waals surface area contributed by atoms with Crippen molar-refractivity contribution in [3.8, 4) is 0 Å². The van der Waals surface area contributed by atoms with Gasteiger partial charge in [-0.2, -0.15) is 5.10 Å². The molecule has 25 heavy (non-hydrogen) atoms. The van der Waals surface area contributed by atoms with Crippen LogP contribution in [-0.2, 0) is 25.8 Å². The highest BCUT2D eigenvalue weighted by Gasteiger charge is 2.10. The Balaban J connectivity index is 2.00. The van der Waals surface area contributed by atoms with Crippen molar-refractivity contribution in [1.29, 1.82) is 0 Å². The number of rotatable bonds is 7. The van der Waals surface area contributed by atoms with Crippen molar-refractivity contribution in [2.24, 2.45) is 5.10 Å². The lowest BCUT2D eigenvalue weighted by molar-refractivity contribution is -0.142. The summed E-state index contributed by atoms with van der Waals surface area (Å²) in [6.07, 6.45) is 2.68. The molecule has 0 aliphatic carbocycles. The van der Waals surface area contributed by atoms with Gasteiger partial charge in [-0.15, -0.1) is 11.3 Å². The number of carbonyl (C=O) groups excluding carboxylic acids is 1. The molecule has 0 aliphatic heterocycles. The monoisotopic (exact) mass is 401 g/mol. The first-order valence-electron chi connectivity index (χ1n) is 7.18. The molecule has 0 fully saturated rings. The second kappa shape index (κ2) is 8.41. The van der Waals surface area contributed by atoms with E-state index in [1.165, 1.54) is 29.7 Å². The summed E-state index contributed by atoms with van der Waals surface area (Å²) in [5, 5.41) is 6.54. The van der Waals surface area contributed by atoms with Crippen LogP contribution in [0.2, 0.25) is 5.02 Å². The number of hydrogen-bond donors (Lipinski definition) is 1. The van der Waals surface area contributed by atoms with E-state index in [0.717, 1.165) is 6.26 Å². The van der Waals surface area contributed by atoms with Gasteiger partial charge in [0.05, 0.1) is 34.9 Å². The van der Waals surface area contributed by atoms with Crippen LogP contribution in [0.25, 0.3) is 0 Å².